The monoisotopic (exact) mass is 251 g/mol. The van der Waals surface area contributed by atoms with E-state index in [0.29, 0.717) is 6.54 Å². The summed E-state index contributed by atoms with van der Waals surface area (Å²) in [4.78, 5) is 11.3. The zero-order chi connectivity index (χ0) is 13.5. The van der Waals surface area contributed by atoms with Gasteiger partial charge in [-0.3, -0.25) is 4.79 Å². The zero-order valence-electron chi connectivity index (χ0n) is 11.4. The van der Waals surface area contributed by atoms with Crippen molar-refractivity contribution in [3.63, 3.8) is 0 Å². The summed E-state index contributed by atoms with van der Waals surface area (Å²) in [6, 6.07) is 7.47. The molecule has 100 valence electrons. The number of methoxy groups -OCH3 is 1. The van der Waals surface area contributed by atoms with Crippen LogP contribution in [0.1, 0.15) is 26.3 Å². The summed E-state index contributed by atoms with van der Waals surface area (Å²) >= 11 is 0. The predicted octanol–water partition coefficient (Wildman–Crippen LogP) is 2.12. The molecule has 4 nitrogen and oxygen atoms in total. The molecule has 0 unspecified atom stereocenters. The van der Waals surface area contributed by atoms with Crippen LogP contribution in [-0.2, 0) is 16.1 Å². The van der Waals surface area contributed by atoms with Gasteiger partial charge in [0, 0.05) is 12.1 Å². The van der Waals surface area contributed by atoms with Gasteiger partial charge in [0.05, 0.1) is 13.2 Å². The number of benzene rings is 1. The van der Waals surface area contributed by atoms with Gasteiger partial charge in [0.2, 0.25) is 0 Å². The molecule has 0 bridgehead atoms. The van der Waals surface area contributed by atoms with Crippen molar-refractivity contribution < 1.29 is 14.3 Å². The molecule has 0 aromatic heterocycles. The molecule has 1 aromatic rings. The highest BCUT2D eigenvalue weighted by atomic mass is 16.5. The summed E-state index contributed by atoms with van der Waals surface area (Å²) in [6.07, 6.45) is 0.129. The molecule has 18 heavy (non-hydrogen) atoms. The lowest BCUT2D eigenvalue weighted by atomic mass is 10.2. The second-order valence-corrected chi connectivity index (χ2v) is 4.40. The molecular formula is C14H21NO3. The van der Waals surface area contributed by atoms with Crippen LogP contribution in [-0.4, -0.2) is 25.2 Å². The van der Waals surface area contributed by atoms with Gasteiger partial charge in [-0.1, -0.05) is 18.2 Å². The molecule has 0 fully saturated rings. The summed E-state index contributed by atoms with van der Waals surface area (Å²) in [7, 11) is 1.39. The minimum absolute atomic E-state index is 0.129. The van der Waals surface area contributed by atoms with Gasteiger partial charge >= 0.3 is 5.97 Å². The van der Waals surface area contributed by atoms with Gasteiger partial charge in [-0.25, -0.2) is 0 Å². The van der Waals surface area contributed by atoms with E-state index in [1.807, 2.05) is 38.1 Å². The van der Waals surface area contributed by atoms with Crippen molar-refractivity contribution in [3.8, 4) is 5.75 Å². The highest BCUT2D eigenvalue weighted by molar-refractivity contribution is 5.75. The fourth-order valence-electron chi connectivity index (χ4n) is 1.54. The first kappa shape index (κ1) is 14.5. The van der Waals surface area contributed by atoms with E-state index in [-0.39, 0.29) is 18.1 Å². The van der Waals surface area contributed by atoms with Crippen molar-refractivity contribution >= 4 is 5.97 Å². The summed E-state index contributed by atoms with van der Waals surface area (Å²) in [5.41, 5.74) is 1.03. The fraction of sp³-hybridized carbons (Fsp3) is 0.500. The molecule has 0 radical (unpaired) electrons. The van der Waals surface area contributed by atoms with E-state index in [9.17, 15) is 4.79 Å². The Balaban J connectivity index is 2.64. The summed E-state index contributed by atoms with van der Waals surface area (Å²) < 4.78 is 10.4. The first-order valence-corrected chi connectivity index (χ1v) is 6.10. The second kappa shape index (κ2) is 7.01. The third-order valence-electron chi connectivity index (χ3n) is 2.49. The topological polar surface area (TPSA) is 47.6 Å². The van der Waals surface area contributed by atoms with Crippen LogP contribution < -0.4 is 10.1 Å². The summed E-state index contributed by atoms with van der Waals surface area (Å²) in [5, 5.41) is 3.11. The molecule has 0 saturated heterocycles. The lowest BCUT2D eigenvalue weighted by Gasteiger charge is -2.16. The third-order valence-corrected chi connectivity index (χ3v) is 2.49. The smallest absolute Gasteiger partial charge is 0.322 e. The highest BCUT2D eigenvalue weighted by Gasteiger charge is 2.13. The summed E-state index contributed by atoms with van der Waals surface area (Å²) in [6.45, 7) is 6.32. The SMILES string of the molecule is COC(=O)[C@H](C)NCc1ccccc1OC(C)C. The molecule has 0 amide bonds. The van der Waals surface area contributed by atoms with E-state index in [0.717, 1.165) is 11.3 Å². The van der Waals surface area contributed by atoms with Gasteiger partial charge in [-0.2, -0.15) is 0 Å². The zero-order valence-corrected chi connectivity index (χ0v) is 11.4. The molecule has 0 aliphatic rings. The first-order chi connectivity index (χ1) is 8.54. The summed E-state index contributed by atoms with van der Waals surface area (Å²) in [5.74, 6) is 0.578. The lowest BCUT2D eigenvalue weighted by Crippen LogP contribution is -2.34. The Labute approximate surface area is 108 Å². The van der Waals surface area contributed by atoms with Crippen LogP contribution in [0, 0.1) is 0 Å². The maximum absolute atomic E-state index is 11.3. The van der Waals surface area contributed by atoms with Gasteiger partial charge in [-0.05, 0) is 26.8 Å². The third kappa shape index (κ3) is 4.37. The largest absolute Gasteiger partial charge is 0.491 e. The van der Waals surface area contributed by atoms with E-state index in [2.05, 4.69) is 10.1 Å². The Morgan fingerprint density at radius 2 is 1.94 bits per heavy atom. The quantitative estimate of drug-likeness (QED) is 0.787. The van der Waals surface area contributed by atoms with E-state index in [1.54, 1.807) is 6.92 Å². The van der Waals surface area contributed by atoms with Gasteiger partial charge < -0.3 is 14.8 Å². The van der Waals surface area contributed by atoms with Crippen molar-refractivity contribution in [2.45, 2.75) is 39.5 Å². The Morgan fingerprint density at radius 3 is 2.56 bits per heavy atom. The Hall–Kier alpha value is -1.55. The van der Waals surface area contributed by atoms with Crippen molar-refractivity contribution in [1.29, 1.82) is 0 Å². The van der Waals surface area contributed by atoms with E-state index >= 15 is 0 Å². The van der Waals surface area contributed by atoms with Gasteiger partial charge in [0.25, 0.3) is 0 Å². The molecule has 0 aliphatic heterocycles. The van der Waals surface area contributed by atoms with Crippen LogP contribution in [0.25, 0.3) is 0 Å². The maximum atomic E-state index is 11.3. The Morgan fingerprint density at radius 1 is 1.28 bits per heavy atom. The average Bonchev–Trinajstić information content (AvgIpc) is 2.35. The van der Waals surface area contributed by atoms with Crippen molar-refractivity contribution in [2.24, 2.45) is 0 Å². The number of carbonyl (C=O) groups is 1. The van der Waals surface area contributed by atoms with Crippen molar-refractivity contribution in [1.82, 2.24) is 5.32 Å². The maximum Gasteiger partial charge on any atom is 0.322 e. The molecule has 0 heterocycles. The van der Waals surface area contributed by atoms with Crippen molar-refractivity contribution in [2.75, 3.05) is 7.11 Å². The fourth-order valence-corrected chi connectivity index (χ4v) is 1.54. The molecule has 0 saturated carbocycles. The molecule has 0 spiro atoms. The number of ether oxygens (including phenoxy) is 2. The van der Waals surface area contributed by atoms with Crippen LogP contribution in [0.15, 0.2) is 24.3 Å². The molecule has 4 heteroatoms. The van der Waals surface area contributed by atoms with Crippen LogP contribution in [0.3, 0.4) is 0 Å². The molecule has 1 aromatic carbocycles. The van der Waals surface area contributed by atoms with E-state index in [1.165, 1.54) is 7.11 Å². The number of esters is 1. The van der Waals surface area contributed by atoms with Crippen LogP contribution >= 0.6 is 0 Å². The molecular weight excluding hydrogens is 230 g/mol. The number of hydrogen-bond donors (Lipinski definition) is 1. The number of hydrogen-bond acceptors (Lipinski definition) is 4. The van der Waals surface area contributed by atoms with Gasteiger partial charge in [0.15, 0.2) is 0 Å². The minimum Gasteiger partial charge on any atom is -0.491 e. The molecule has 1 rings (SSSR count). The van der Waals surface area contributed by atoms with Crippen LogP contribution in [0.2, 0.25) is 0 Å². The minimum atomic E-state index is -0.331. The van der Waals surface area contributed by atoms with Crippen LogP contribution in [0.5, 0.6) is 5.75 Å². The number of carbonyl (C=O) groups excluding carboxylic acids is 1. The van der Waals surface area contributed by atoms with Crippen molar-refractivity contribution in [3.05, 3.63) is 29.8 Å². The average molecular weight is 251 g/mol. The number of para-hydroxylation sites is 1. The van der Waals surface area contributed by atoms with Crippen LogP contribution in [0.4, 0.5) is 0 Å². The number of rotatable bonds is 6. The van der Waals surface area contributed by atoms with E-state index < -0.39 is 0 Å². The van der Waals surface area contributed by atoms with Gasteiger partial charge in [0.1, 0.15) is 11.8 Å². The lowest BCUT2D eigenvalue weighted by molar-refractivity contribution is -0.142. The number of nitrogens with one attached hydrogen (secondary N) is 1. The highest BCUT2D eigenvalue weighted by Crippen LogP contribution is 2.19. The van der Waals surface area contributed by atoms with E-state index in [4.69, 9.17) is 4.74 Å². The molecule has 1 N–H and O–H groups in total. The normalized spacial score (nSPS) is 12.3. The molecule has 1 atom stereocenters. The second-order valence-electron chi connectivity index (χ2n) is 4.40. The Bertz CT molecular complexity index is 390. The standard InChI is InChI=1S/C14H21NO3/c1-10(2)18-13-8-6-5-7-12(13)9-15-11(3)14(16)17-4/h5-8,10-11,15H,9H2,1-4H3/t11-/m0/s1. The predicted molar refractivity (Wildman–Crippen MR) is 70.5 cm³/mol. The molecule has 0 aliphatic carbocycles. The first-order valence-electron chi connectivity index (χ1n) is 6.10. The van der Waals surface area contributed by atoms with Gasteiger partial charge in [-0.15, -0.1) is 0 Å². The Kier molecular flexibility index (Phi) is 5.65.